The number of nitro benzene ring substituents is 1. The lowest BCUT2D eigenvalue weighted by molar-refractivity contribution is -0.385. The van der Waals surface area contributed by atoms with E-state index < -0.39 is 39.3 Å². The highest BCUT2D eigenvalue weighted by Gasteiger charge is 2.29. The monoisotopic (exact) mass is 307 g/mol. The van der Waals surface area contributed by atoms with E-state index in [2.05, 4.69) is 14.7 Å². The van der Waals surface area contributed by atoms with E-state index in [9.17, 15) is 24.1 Å². The molecule has 1 aromatic heterocycles. The van der Waals surface area contributed by atoms with E-state index in [0.29, 0.717) is 6.07 Å². The molecule has 1 aromatic carbocycles. The first kappa shape index (κ1) is 15.3. The molecule has 0 atom stereocenters. The summed E-state index contributed by atoms with van der Waals surface area (Å²) in [6.45, 7) is 0. The van der Waals surface area contributed by atoms with Gasteiger partial charge < -0.3 is 9.72 Å². The maximum absolute atomic E-state index is 13.5. The Labute approximate surface area is 123 Å². The number of carbonyl (C=O) groups is 2. The first-order valence-corrected chi connectivity index (χ1v) is 6.01. The summed E-state index contributed by atoms with van der Waals surface area (Å²) in [7, 11) is 1.03. The van der Waals surface area contributed by atoms with Crippen molar-refractivity contribution in [2.75, 3.05) is 7.11 Å². The molecule has 8 nitrogen and oxygen atoms in total. The number of nitrogens with zero attached hydrogens (tertiary/aromatic N) is 2. The van der Waals surface area contributed by atoms with Crippen LogP contribution in [0.4, 0.5) is 10.1 Å². The average Bonchev–Trinajstić information content (AvgIpc) is 2.98. The summed E-state index contributed by atoms with van der Waals surface area (Å²) in [5.41, 5.74) is -1.79. The Kier molecular flexibility index (Phi) is 4.25. The van der Waals surface area contributed by atoms with E-state index >= 15 is 0 Å². The third kappa shape index (κ3) is 2.97. The van der Waals surface area contributed by atoms with Crippen LogP contribution in [0.1, 0.15) is 26.5 Å². The summed E-state index contributed by atoms with van der Waals surface area (Å²) in [5.74, 6) is -2.53. The number of ether oxygens (including phenoxy) is 1. The summed E-state index contributed by atoms with van der Waals surface area (Å²) in [4.78, 5) is 40.6. The van der Waals surface area contributed by atoms with Crippen molar-refractivity contribution in [1.82, 2.24) is 9.97 Å². The molecular formula is C13H10FN3O5. The van der Waals surface area contributed by atoms with Crippen molar-refractivity contribution in [3.63, 3.8) is 0 Å². The fourth-order valence-corrected chi connectivity index (χ4v) is 1.94. The topological polar surface area (TPSA) is 115 Å². The summed E-state index contributed by atoms with van der Waals surface area (Å²) in [6.07, 6.45) is 2.58. The molecule has 0 aliphatic carbocycles. The zero-order valence-electron chi connectivity index (χ0n) is 11.3. The Bertz CT molecular complexity index is 742. The summed E-state index contributed by atoms with van der Waals surface area (Å²) in [6, 6.07) is 1.32. The molecule has 0 aliphatic heterocycles. The molecule has 1 N–H and O–H groups in total. The number of aromatic nitrogens is 2. The number of aromatic amines is 1. The Morgan fingerprint density at radius 1 is 1.45 bits per heavy atom. The number of nitrogens with one attached hydrogen (secondary N) is 1. The highest BCUT2D eigenvalue weighted by Crippen LogP contribution is 2.26. The quantitative estimate of drug-likeness (QED) is 0.389. The predicted molar refractivity (Wildman–Crippen MR) is 71.0 cm³/mol. The summed E-state index contributed by atoms with van der Waals surface area (Å²) in [5, 5.41) is 11.1. The number of hydrogen-bond acceptors (Lipinski definition) is 6. The van der Waals surface area contributed by atoms with E-state index in [1.807, 2.05) is 0 Å². The maximum atomic E-state index is 13.5. The molecule has 0 saturated carbocycles. The number of rotatable bonds is 5. The highest BCUT2D eigenvalue weighted by atomic mass is 19.1. The Hall–Kier alpha value is -3.10. The fourth-order valence-electron chi connectivity index (χ4n) is 1.94. The molecule has 22 heavy (non-hydrogen) atoms. The lowest BCUT2D eigenvalue weighted by Gasteiger charge is -2.08. The van der Waals surface area contributed by atoms with Gasteiger partial charge in [0.25, 0.3) is 5.69 Å². The van der Waals surface area contributed by atoms with E-state index in [0.717, 1.165) is 13.2 Å². The number of methoxy groups -OCH3 is 1. The van der Waals surface area contributed by atoms with Crippen molar-refractivity contribution in [1.29, 1.82) is 0 Å². The minimum absolute atomic E-state index is 0.263. The minimum Gasteiger partial charge on any atom is -0.465 e. The van der Waals surface area contributed by atoms with Crippen LogP contribution in [0.25, 0.3) is 0 Å². The summed E-state index contributed by atoms with van der Waals surface area (Å²) < 4.78 is 17.9. The number of benzene rings is 1. The van der Waals surface area contributed by atoms with Gasteiger partial charge in [0.1, 0.15) is 17.2 Å². The van der Waals surface area contributed by atoms with Crippen LogP contribution in [0.2, 0.25) is 0 Å². The van der Waals surface area contributed by atoms with Crippen LogP contribution in [0.3, 0.4) is 0 Å². The molecule has 2 aromatic rings. The maximum Gasteiger partial charge on any atom is 0.338 e. The number of esters is 1. The number of halogens is 1. The third-order valence-corrected chi connectivity index (χ3v) is 2.85. The van der Waals surface area contributed by atoms with Gasteiger partial charge in [0, 0.05) is 12.4 Å². The molecule has 1 heterocycles. The first-order valence-electron chi connectivity index (χ1n) is 6.01. The lowest BCUT2D eigenvalue weighted by atomic mass is 9.99. The van der Waals surface area contributed by atoms with Crippen molar-refractivity contribution in [3.05, 3.63) is 57.4 Å². The first-order chi connectivity index (χ1) is 10.4. The lowest BCUT2D eigenvalue weighted by Crippen LogP contribution is -2.16. The molecular weight excluding hydrogens is 297 g/mol. The van der Waals surface area contributed by atoms with Crippen LogP contribution in [0, 0.1) is 15.9 Å². The van der Waals surface area contributed by atoms with E-state index in [-0.39, 0.29) is 12.2 Å². The van der Waals surface area contributed by atoms with Gasteiger partial charge in [-0.3, -0.25) is 14.9 Å². The molecule has 0 fully saturated rings. The number of imidazole rings is 1. The zero-order chi connectivity index (χ0) is 16.3. The molecule has 0 spiro atoms. The van der Waals surface area contributed by atoms with Crippen LogP contribution in [-0.2, 0) is 11.2 Å². The van der Waals surface area contributed by atoms with Gasteiger partial charge in [-0.15, -0.1) is 0 Å². The number of H-pyrrole nitrogens is 1. The van der Waals surface area contributed by atoms with Gasteiger partial charge >= 0.3 is 5.97 Å². The highest BCUT2D eigenvalue weighted by molar-refractivity contribution is 6.09. The van der Waals surface area contributed by atoms with Gasteiger partial charge in [0.2, 0.25) is 0 Å². The Morgan fingerprint density at radius 2 is 2.18 bits per heavy atom. The average molecular weight is 307 g/mol. The van der Waals surface area contributed by atoms with Crippen molar-refractivity contribution in [3.8, 4) is 0 Å². The predicted octanol–water partition coefficient (Wildman–Crippen LogP) is 1.67. The van der Waals surface area contributed by atoms with E-state index in [4.69, 9.17) is 0 Å². The molecule has 0 bridgehead atoms. The smallest absolute Gasteiger partial charge is 0.338 e. The van der Waals surface area contributed by atoms with Gasteiger partial charge in [-0.05, 0) is 6.07 Å². The van der Waals surface area contributed by atoms with Crippen LogP contribution < -0.4 is 0 Å². The molecule has 2 rings (SSSR count). The Balaban J connectivity index is 2.57. The van der Waals surface area contributed by atoms with Crippen LogP contribution in [0.5, 0.6) is 0 Å². The standard InChI is InChI=1S/C13H10FN3O5/c1-22-13(19)8-4-7(14)5-9(17(20)21)12(8)10(18)6-11-15-2-3-16-11/h2-5H,6H2,1H3,(H,15,16). The number of ketones is 1. The van der Waals surface area contributed by atoms with Gasteiger partial charge in [-0.25, -0.2) is 14.2 Å². The fraction of sp³-hybridized carbons (Fsp3) is 0.154. The largest absolute Gasteiger partial charge is 0.465 e. The van der Waals surface area contributed by atoms with Gasteiger partial charge in [0.05, 0.1) is 30.1 Å². The summed E-state index contributed by atoms with van der Waals surface area (Å²) >= 11 is 0. The normalized spacial score (nSPS) is 10.3. The van der Waals surface area contributed by atoms with Crippen molar-refractivity contribution in [2.24, 2.45) is 0 Å². The van der Waals surface area contributed by atoms with E-state index in [1.54, 1.807) is 0 Å². The molecule has 0 amide bonds. The van der Waals surface area contributed by atoms with Crippen molar-refractivity contribution < 1.29 is 23.6 Å². The van der Waals surface area contributed by atoms with Gasteiger partial charge in [-0.2, -0.15) is 0 Å². The number of Topliss-reactive ketones (excluding diaryl/α,β-unsaturated/α-hetero) is 1. The van der Waals surface area contributed by atoms with Crippen molar-refractivity contribution in [2.45, 2.75) is 6.42 Å². The molecule has 0 saturated heterocycles. The van der Waals surface area contributed by atoms with Crippen molar-refractivity contribution >= 4 is 17.4 Å². The van der Waals surface area contributed by atoms with Crippen LogP contribution in [-0.4, -0.2) is 33.8 Å². The zero-order valence-corrected chi connectivity index (χ0v) is 11.3. The SMILES string of the molecule is COC(=O)c1cc(F)cc([N+](=O)[O-])c1C(=O)Cc1ncc[nH]1. The molecule has 0 unspecified atom stereocenters. The second-order valence-electron chi connectivity index (χ2n) is 4.23. The molecule has 9 heteroatoms. The van der Waals surface area contributed by atoms with Crippen LogP contribution >= 0.6 is 0 Å². The number of carbonyl (C=O) groups excluding carboxylic acids is 2. The van der Waals surface area contributed by atoms with Gasteiger partial charge in [0.15, 0.2) is 5.78 Å². The minimum atomic E-state index is -1.04. The second kappa shape index (κ2) is 6.12. The molecule has 114 valence electrons. The van der Waals surface area contributed by atoms with E-state index in [1.165, 1.54) is 12.4 Å². The number of hydrogen-bond donors (Lipinski definition) is 1. The number of nitro groups is 1. The van der Waals surface area contributed by atoms with Gasteiger partial charge in [-0.1, -0.05) is 0 Å². The second-order valence-corrected chi connectivity index (χ2v) is 4.23. The molecule has 0 aliphatic rings. The van der Waals surface area contributed by atoms with Crippen LogP contribution in [0.15, 0.2) is 24.5 Å². The Morgan fingerprint density at radius 3 is 2.73 bits per heavy atom. The molecule has 0 radical (unpaired) electrons. The third-order valence-electron chi connectivity index (χ3n) is 2.85.